The van der Waals surface area contributed by atoms with E-state index < -0.39 is 56.3 Å². The van der Waals surface area contributed by atoms with Gasteiger partial charge in [-0.3, -0.25) is 19.2 Å². The van der Waals surface area contributed by atoms with Crippen molar-refractivity contribution >= 4 is 27.9 Å². The standard InChI is InChI=1S/C25H33N3O6S/c1-5-18-14-25(18,22(30)27-35(32,33)19-11-12-19)26-21(29)20-13-17(16-9-7-6-8-10-16)15-28(20)23(31)34-24(2,3)4/h5-10,17-20H,1,11-15H2,2-4H3,(H,26,29)(H,27,30). The van der Waals surface area contributed by atoms with Crippen molar-refractivity contribution in [2.24, 2.45) is 5.92 Å². The zero-order valence-electron chi connectivity index (χ0n) is 20.3. The number of hydrogen-bond acceptors (Lipinski definition) is 6. The number of sulfonamides is 1. The zero-order valence-corrected chi connectivity index (χ0v) is 21.1. The van der Waals surface area contributed by atoms with Crippen molar-refractivity contribution in [1.82, 2.24) is 14.9 Å². The molecule has 190 valence electrons. The number of hydrogen-bond donors (Lipinski definition) is 2. The van der Waals surface area contributed by atoms with Gasteiger partial charge in [-0.25, -0.2) is 13.2 Å². The van der Waals surface area contributed by atoms with Gasteiger partial charge in [0.1, 0.15) is 17.2 Å². The number of amides is 3. The first-order valence-corrected chi connectivity index (χ1v) is 13.5. The Bertz CT molecular complexity index is 1130. The predicted molar refractivity (Wildman–Crippen MR) is 130 cm³/mol. The molecule has 4 atom stereocenters. The summed E-state index contributed by atoms with van der Waals surface area (Å²) >= 11 is 0. The maximum Gasteiger partial charge on any atom is 0.410 e. The van der Waals surface area contributed by atoms with Crippen LogP contribution in [0.1, 0.15) is 57.9 Å². The first-order valence-electron chi connectivity index (χ1n) is 11.9. The molecular formula is C25H33N3O6S. The lowest BCUT2D eigenvalue weighted by Crippen LogP contribution is -2.56. The molecule has 2 N–H and O–H groups in total. The maximum absolute atomic E-state index is 13.5. The van der Waals surface area contributed by atoms with Gasteiger partial charge in [0, 0.05) is 18.4 Å². The molecule has 1 aromatic rings. The molecule has 0 spiro atoms. The Hall–Kier alpha value is -2.88. The zero-order chi connectivity index (χ0) is 25.6. The van der Waals surface area contributed by atoms with E-state index in [9.17, 15) is 22.8 Å². The van der Waals surface area contributed by atoms with Crippen molar-refractivity contribution in [3.8, 4) is 0 Å². The third-order valence-electron chi connectivity index (χ3n) is 6.75. The van der Waals surface area contributed by atoms with E-state index in [0.29, 0.717) is 19.3 Å². The lowest BCUT2D eigenvalue weighted by molar-refractivity contribution is -0.131. The summed E-state index contributed by atoms with van der Waals surface area (Å²) in [5.74, 6) is -1.77. The molecule has 0 radical (unpaired) electrons. The highest BCUT2D eigenvalue weighted by Crippen LogP contribution is 2.46. The second-order valence-corrected chi connectivity index (χ2v) is 12.6. The third-order valence-corrected chi connectivity index (χ3v) is 8.57. The molecule has 3 amide bonds. The Morgan fingerprint density at radius 1 is 1.17 bits per heavy atom. The summed E-state index contributed by atoms with van der Waals surface area (Å²) in [5.41, 5.74) is -1.15. The van der Waals surface area contributed by atoms with Crippen molar-refractivity contribution in [2.75, 3.05) is 6.54 Å². The molecule has 1 heterocycles. The van der Waals surface area contributed by atoms with Crippen LogP contribution in [-0.4, -0.2) is 60.2 Å². The van der Waals surface area contributed by atoms with Crippen molar-refractivity contribution in [3.63, 3.8) is 0 Å². The molecule has 4 rings (SSSR count). The van der Waals surface area contributed by atoms with Gasteiger partial charge in [-0.2, -0.15) is 0 Å². The fourth-order valence-electron chi connectivity index (χ4n) is 4.59. The van der Waals surface area contributed by atoms with E-state index in [1.807, 2.05) is 30.3 Å². The molecule has 2 saturated carbocycles. The van der Waals surface area contributed by atoms with Crippen molar-refractivity contribution < 1.29 is 27.5 Å². The van der Waals surface area contributed by atoms with Crippen molar-refractivity contribution in [2.45, 2.75) is 74.8 Å². The molecule has 10 heteroatoms. The summed E-state index contributed by atoms with van der Waals surface area (Å²) in [7, 11) is -3.77. The quantitative estimate of drug-likeness (QED) is 0.551. The van der Waals surface area contributed by atoms with Crippen LogP contribution in [0.15, 0.2) is 43.0 Å². The Morgan fingerprint density at radius 3 is 2.37 bits per heavy atom. The summed E-state index contributed by atoms with van der Waals surface area (Å²) in [6.07, 6.45) is 2.56. The number of ether oxygens (including phenoxy) is 1. The fourth-order valence-corrected chi connectivity index (χ4v) is 5.96. The molecule has 0 bridgehead atoms. The molecule has 35 heavy (non-hydrogen) atoms. The van der Waals surface area contributed by atoms with Crippen LogP contribution < -0.4 is 10.0 Å². The number of carbonyl (C=O) groups is 3. The van der Waals surface area contributed by atoms with Gasteiger partial charge in [-0.15, -0.1) is 6.58 Å². The van der Waals surface area contributed by atoms with Crippen LogP contribution >= 0.6 is 0 Å². The lowest BCUT2D eigenvalue weighted by atomic mass is 9.96. The summed E-state index contributed by atoms with van der Waals surface area (Å²) in [5, 5.41) is 2.21. The number of nitrogens with zero attached hydrogens (tertiary/aromatic N) is 1. The minimum atomic E-state index is -3.77. The Balaban J connectivity index is 1.55. The molecule has 1 saturated heterocycles. The SMILES string of the molecule is C=CC1CC1(NC(=O)C1CC(c2ccccc2)CN1C(=O)OC(C)(C)C)C(=O)NS(=O)(=O)C1CC1. The van der Waals surface area contributed by atoms with E-state index in [1.54, 1.807) is 20.8 Å². The van der Waals surface area contributed by atoms with Gasteiger partial charge in [0.15, 0.2) is 0 Å². The van der Waals surface area contributed by atoms with Gasteiger partial charge in [0.2, 0.25) is 15.9 Å². The highest BCUT2D eigenvalue weighted by molar-refractivity contribution is 7.91. The number of rotatable bonds is 7. The van der Waals surface area contributed by atoms with Gasteiger partial charge in [-0.05, 0) is 52.0 Å². The Kier molecular flexibility index (Phi) is 6.46. The summed E-state index contributed by atoms with van der Waals surface area (Å²) in [6, 6.07) is 8.73. The smallest absolute Gasteiger partial charge is 0.410 e. The normalized spacial score (nSPS) is 28.2. The topological polar surface area (TPSA) is 122 Å². The number of carbonyl (C=O) groups excluding carboxylic acids is 3. The Morgan fingerprint density at radius 2 is 1.83 bits per heavy atom. The third kappa shape index (κ3) is 5.37. The van der Waals surface area contributed by atoms with Crippen LogP contribution in [0, 0.1) is 5.92 Å². The van der Waals surface area contributed by atoms with Crippen LogP contribution in [0.25, 0.3) is 0 Å². The van der Waals surface area contributed by atoms with Crippen molar-refractivity contribution in [3.05, 3.63) is 48.6 Å². The lowest BCUT2D eigenvalue weighted by Gasteiger charge is -2.29. The molecule has 0 aromatic heterocycles. The number of benzene rings is 1. The molecule has 4 unspecified atom stereocenters. The van der Waals surface area contributed by atoms with E-state index in [1.165, 1.54) is 11.0 Å². The molecule has 3 aliphatic rings. The van der Waals surface area contributed by atoms with Gasteiger partial charge >= 0.3 is 6.09 Å². The molecule has 1 aliphatic heterocycles. The van der Waals surface area contributed by atoms with E-state index in [0.717, 1.165) is 5.56 Å². The summed E-state index contributed by atoms with van der Waals surface area (Å²) < 4.78 is 32.4. The number of likely N-dealkylation sites (tertiary alicyclic amines) is 1. The van der Waals surface area contributed by atoms with Crippen LogP contribution in [0.4, 0.5) is 4.79 Å². The fraction of sp³-hybridized carbons (Fsp3) is 0.560. The number of nitrogens with one attached hydrogen (secondary N) is 2. The van der Waals surface area contributed by atoms with Gasteiger partial charge in [0.05, 0.1) is 5.25 Å². The van der Waals surface area contributed by atoms with Crippen molar-refractivity contribution in [1.29, 1.82) is 0 Å². The van der Waals surface area contributed by atoms with Crippen LogP contribution in [0.2, 0.25) is 0 Å². The minimum Gasteiger partial charge on any atom is -0.444 e. The van der Waals surface area contributed by atoms with E-state index >= 15 is 0 Å². The molecule has 2 aliphatic carbocycles. The second-order valence-electron chi connectivity index (χ2n) is 10.7. The largest absolute Gasteiger partial charge is 0.444 e. The van der Waals surface area contributed by atoms with Gasteiger partial charge in [0.25, 0.3) is 5.91 Å². The average molecular weight is 504 g/mol. The molecule has 3 fully saturated rings. The highest BCUT2D eigenvalue weighted by atomic mass is 32.2. The maximum atomic E-state index is 13.5. The molecular weight excluding hydrogens is 470 g/mol. The minimum absolute atomic E-state index is 0.0890. The molecule has 9 nitrogen and oxygen atoms in total. The highest BCUT2D eigenvalue weighted by Gasteiger charge is 2.62. The average Bonchev–Trinajstić information content (AvgIpc) is 3.69. The first kappa shape index (κ1) is 25.2. The van der Waals surface area contributed by atoms with E-state index in [4.69, 9.17) is 4.74 Å². The monoisotopic (exact) mass is 503 g/mol. The van der Waals surface area contributed by atoms with Gasteiger partial charge < -0.3 is 10.1 Å². The van der Waals surface area contributed by atoms with Crippen LogP contribution in [0.5, 0.6) is 0 Å². The van der Waals surface area contributed by atoms with Gasteiger partial charge in [-0.1, -0.05) is 36.4 Å². The first-order chi connectivity index (χ1) is 16.4. The van der Waals surface area contributed by atoms with Crippen LogP contribution in [-0.2, 0) is 24.3 Å². The summed E-state index contributed by atoms with van der Waals surface area (Å²) in [6.45, 7) is 9.27. The molecule has 1 aromatic carbocycles. The second kappa shape index (κ2) is 8.96. The van der Waals surface area contributed by atoms with E-state index in [2.05, 4.69) is 16.6 Å². The Labute approximate surface area is 206 Å². The van der Waals surface area contributed by atoms with Crippen LogP contribution in [0.3, 0.4) is 0 Å². The van der Waals surface area contributed by atoms with E-state index in [-0.39, 0.29) is 18.9 Å². The summed E-state index contributed by atoms with van der Waals surface area (Å²) in [4.78, 5) is 40.9. The predicted octanol–water partition coefficient (Wildman–Crippen LogP) is 2.45.